The van der Waals surface area contributed by atoms with E-state index in [0.29, 0.717) is 0 Å². The molecule has 1 atom stereocenters. The van der Waals surface area contributed by atoms with Crippen LogP contribution in [0, 0.1) is 0 Å². The molecule has 3 rings (SSSR count). The number of hydrogen-bond donors (Lipinski definition) is 2. The summed E-state index contributed by atoms with van der Waals surface area (Å²) < 4.78 is 110. The average Bonchev–Trinajstić information content (AvgIpc) is 2.78. The first-order valence-corrected chi connectivity index (χ1v) is 11.4. The van der Waals surface area contributed by atoms with Gasteiger partial charge in [0.25, 0.3) is 0 Å². The fraction of sp³-hybridized carbons (Fsp3) is 0.182. The second-order valence-corrected chi connectivity index (χ2v) is 9.21. The van der Waals surface area contributed by atoms with E-state index in [1.807, 2.05) is 0 Å². The Morgan fingerprint density at radius 1 is 0.771 bits per heavy atom. The molecule has 0 fully saturated rings. The molecule has 0 amide bonds. The van der Waals surface area contributed by atoms with E-state index in [9.17, 15) is 40.0 Å². The third-order valence-corrected chi connectivity index (χ3v) is 6.42. The minimum Gasteiger partial charge on any atom is -0.457 e. The van der Waals surface area contributed by atoms with Crippen molar-refractivity contribution in [2.24, 2.45) is 0 Å². The Morgan fingerprint density at radius 2 is 1.26 bits per heavy atom. The summed E-state index contributed by atoms with van der Waals surface area (Å²) in [6, 6.07) is 12.1. The normalized spacial score (nSPS) is 13.3. The SMILES string of the molecule is O=S(=O)(CC(NO)c1ccc(C(F)(F)F)cc1)c1ccc(Oc2ccc(OC(F)(F)F)cc2)cc1. The number of hydroxylamine groups is 1. The van der Waals surface area contributed by atoms with Gasteiger partial charge in [0.05, 0.1) is 22.3 Å². The average molecular weight is 521 g/mol. The van der Waals surface area contributed by atoms with Crippen molar-refractivity contribution in [2.45, 2.75) is 23.5 Å². The molecule has 0 aliphatic rings. The number of rotatable bonds is 8. The Balaban J connectivity index is 1.68. The summed E-state index contributed by atoms with van der Waals surface area (Å²) in [4.78, 5) is -0.147. The van der Waals surface area contributed by atoms with Crippen LogP contribution in [0.25, 0.3) is 0 Å². The number of halogens is 6. The van der Waals surface area contributed by atoms with Crippen molar-refractivity contribution in [2.75, 3.05) is 5.75 Å². The molecular weight excluding hydrogens is 504 g/mol. The molecule has 188 valence electrons. The van der Waals surface area contributed by atoms with Crippen LogP contribution in [0.2, 0.25) is 0 Å². The van der Waals surface area contributed by atoms with Gasteiger partial charge in [-0.15, -0.1) is 13.2 Å². The predicted molar refractivity (Wildman–Crippen MR) is 111 cm³/mol. The van der Waals surface area contributed by atoms with E-state index in [1.54, 1.807) is 5.48 Å². The Hall–Kier alpha value is -3.29. The highest BCUT2D eigenvalue weighted by Crippen LogP contribution is 2.31. The minimum atomic E-state index is -4.83. The fourth-order valence-electron chi connectivity index (χ4n) is 2.99. The number of sulfone groups is 1. The highest BCUT2D eigenvalue weighted by Gasteiger charge is 2.31. The van der Waals surface area contributed by atoms with Crippen LogP contribution in [0.5, 0.6) is 17.2 Å². The summed E-state index contributed by atoms with van der Waals surface area (Å²) in [5.74, 6) is -0.739. The minimum absolute atomic E-state index is 0.127. The van der Waals surface area contributed by atoms with E-state index in [2.05, 4.69) is 4.74 Å². The van der Waals surface area contributed by atoms with Gasteiger partial charge in [-0.2, -0.15) is 18.7 Å². The van der Waals surface area contributed by atoms with Gasteiger partial charge in [0.1, 0.15) is 17.2 Å². The second-order valence-electron chi connectivity index (χ2n) is 7.18. The molecule has 35 heavy (non-hydrogen) atoms. The topological polar surface area (TPSA) is 84.9 Å². The standard InChI is InChI=1S/C22H17F6NO5S/c23-21(24,25)15-3-1-14(2-4-15)20(29-30)13-35(31,32)19-11-9-17(10-12-19)33-16-5-7-18(8-6-16)34-22(26,27)28/h1-12,20,29-30H,13H2. The molecule has 0 heterocycles. The summed E-state index contributed by atoms with van der Waals surface area (Å²) in [5.41, 5.74) is 1.01. The van der Waals surface area contributed by atoms with Gasteiger partial charge in [0.15, 0.2) is 9.84 Å². The monoisotopic (exact) mass is 521 g/mol. The van der Waals surface area contributed by atoms with Crippen LogP contribution < -0.4 is 15.0 Å². The molecule has 13 heteroatoms. The van der Waals surface area contributed by atoms with Gasteiger partial charge in [0, 0.05) is 0 Å². The lowest BCUT2D eigenvalue weighted by molar-refractivity contribution is -0.274. The van der Waals surface area contributed by atoms with E-state index >= 15 is 0 Å². The molecule has 0 bridgehead atoms. The van der Waals surface area contributed by atoms with Crippen molar-refractivity contribution in [3.05, 3.63) is 83.9 Å². The van der Waals surface area contributed by atoms with E-state index in [0.717, 1.165) is 36.4 Å². The van der Waals surface area contributed by atoms with Crippen LogP contribution in [0.15, 0.2) is 77.7 Å². The molecule has 3 aromatic carbocycles. The number of alkyl halides is 6. The first-order valence-electron chi connectivity index (χ1n) is 9.70. The third-order valence-electron chi connectivity index (χ3n) is 4.66. The summed E-state index contributed by atoms with van der Waals surface area (Å²) in [5, 5.41) is 9.38. The van der Waals surface area contributed by atoms with E-state index in [4.69, 9.17) is 4.74 Å². The summed E-state index contributed by atoms with van der Waals surface area (Å²) in [6.45, 7) is 0. The van der Waals surface area contributed by atoms with Gasteiger partial charge < -0.3 is 14.7 Å². The van der Waals surface area contributed by atoms with Crippen molar-refractivity contribution in [3.8, 4) is 17.2 Å². The van der Waals surface area contributed by atoms with Crippen LogP contribution >= 0.6 is 0 Å². The Morgan fingerprint density at radius 3 is 1.71 bits per heavy atom. The Kier molecular flexibility index (Phi) is 7.62. The predicted octanol–water partition coefficient (Wildman–Crippen LogP) is 5.89. The largest absolute Gasteiger partial charge is 0.573 e. The molecule has 0 saturated carbocycles. The lowest BCUT2D eigenvalue weighted by Crippen LogP contribution is -2.26. The molecule has 0 saturated heterocycles. The van der Waals surface area contributed by atoms with E-state index in [-0.39, 0.29) is 22.0 Å². The van der Waals surface area contributed by atoms with Crippen LogP contribution in [0.4, 0.5) is 26.3 Å². The molecule has 1 unspecified atom stereocenters. The Bertz CT molecular complexity index is 1230. The zero-order valence-corrected chi connectivity index (χ0v) is 18.3. The van der Waals surface area contributed by atoms with Gasteiger partial charge >= 0.3 is 12.5 Å². The zero-order valence-electron chi connectivity index (χ0n) is 17.5. The number of ether oxygens (including phenoxy) is 2. The van der Waals surface area contributed by atoms with Crippen molar-refractivity contribution in [3.63, 3.8) is 0 Å². The first kappa shape index (κ1) is 26.3. The highest BCUT2D eigenvalue weighted by atomic mass is 32.2. The van der Waals surface area contributed by atoms with Crippen molar-refractivity contribution < 1.29 is 49.4 Å². The van der Waals surface area contributed by atoms with Crippen LogP contribution in [-0.4, -0.2) is 25.7 Å². The molecule has 0 radical (unpaired) electrons. The number of nitrogens with one attached hydrogen (secondary N) is 1. The zero-order chi connectivity index (χ0) is 25.9. The van der Waals surface area contributed by atoms with Crippen molar-refractivity contribution in [1.29, 1.82) is 0 Å². The van der Waals surface area contributed by atoms with Gasteiger partial charge in [-0.1, -0.05) is 12.1 Å². The van der Waals surface area contributed by atoms with E-state index < -0.39 is 45.5 Å². The van der Waals surface area contributed by atoms with Crippen LogP contribution in [0.3, 0.4) is 0 Å². The van der Waals surface area contributed by atoms with Crippen molar-refractivity contribution >= 4 is 9.84 Å². The molecule has 0 aliphatic heterocycles. The van der Waals surface area contributed by atoms with Crippen molar-refractivity contribution in [1.82, 2.24) is 5.48 Å². The molecule has 0 aliphatic carbocycles. The molecular formula is C22H17F6NO5S. The smallest absolute Gasteiger partial charge is 0.457 e. The molecule has 3 aromatic rings. The summed E-state index contributed by atoms with van der Waals surface area (Å²) in [6.07, 6.45) is -9.39. The van der Waals surface area contributed by atoms with E-state index in [1.165, 1.54) is 36.4 Å². The lowest BCUT2D eigenvalue weighted by Gasteiger charge is -2.17. The van der Waals surface area contributed by atoms with Crippen LogP contribution in [0.1, 0.15) is 17.2 Å². The van der Waals surface area contributed by atoms with Gasteiger partial charge in [0.2, 0.25) is 0 Å². The number of hydrogen-bond acceptors (Lipinski definition) is 6. The van der Waals surface area contributed by atoms with Gasteiger partial charge in [-0.05, 0) is 66.2 Å². The van der Waals surface area contributed by atoms with Gasteiger partial charge in [-0.25, -0.2) is 8.42 Å². The second kappa shape index (κ2) is 10.1. The summed E-state index contributed by atoms with van der Waals surface area (Å²) >= 11 is 0. The molecule has 0 aromatic heterocycles. The highest BCUT2D eigenvalue weighted by molar-refractivity contribution is 7.91. The molecule has 0 spiro atoms. The maximum absolute atomic E-state index is 12.7. The molecule has 6 nitrogen and oxygen atoms in total. The fourth-order valence-corrected chi connectivity index (χ4v) is 4.44. The Labute approximate surface area is 195 Å². The summed E-state index contributed by atoms with van der Waals surface area (Å²) in [7, 11) is -3.99. The number of benzene rings is 3. The maximum atomic E-state index is 12.7. The van der Waals surface area contributed by atoms with Crippen LogP contribution in [-0.2, 0) is 16.0 Å². The lowest BCUT2D eigenvalue weighted by atomic mass is 10.1. The maximum Gasteiger partial charge on any atom is 0.573 e. The molecule has 2 N–H and O–H groups in total. The quantitative estimate of drug-likeness (QED) is 0.284. The third kappa shape index (κ3) is 7.34. The first-order chi connectivity index (χ1) is 16.3. The van der Waals surface area contributed by atoms with Gasteiger partial charge in [-0.3, -0.25) is 0 Å².